The van der Waals surface area contributed by atoms with Gasteiger partial charge in [-0.2, -0.15) is 13.2 Å². The molecule has 2 saturated carbocycles. The number of carbonyl (C=O) groups excluding carboxylic acids is 1. The molecule has 2 atom stereocenters. The molecule has 1 N–H and O–H groups in total. The molecule has 44 heavy (non-hydrogen) atoms. The third kappa shape index (κ3) is 6.90. The van der Waals surface area contributed by atoms with E-state index < -0.39 is 29.4 Å². The van der Waals surface area contributed by atoms with E-state index in [1.54, 1.807) is 6.07 Å². The van der Waals surface area contributed by atoms with Gasteiger partial charge in [0.1, 0.15) is 12.8 Å². The average molecular weight is 612 g/mol. The summed E-state index contributed by atoms with van der Waals surface area (Å²) < 4.78 is 47.4. The monoisotopic (exact) mass is 611 g/mol. The number of rotatable bonds is 4. The van der Waals surface area contributed by atoms with Crippen LogP contribution in [0.2, 0.25) is 0 Å². The van der Waals surface area contributed by atoms with E-state index in [1.165, 1.54) is 63.5 Å². The highest BCUT2D eigenvalue weighted by Crippen LogP contribution is 2.53. The molecule has 2 unspecified atom stereocenters. The summed E-state index contributed by atoms with van der Waals surface area (Å²) in [5.74, 6) is -0.176. The van der Waals surface area contributed by atoms with E-state index >= 15 is 0 Å². The van der Waals surface area contributed by atoms with Gasteiger partial charge in [-0.1, -0.05) is 101 Å². The molecule has 0 radical (unpaired) electrons. The van der Waals surface area contributed by atoms with E-state index in [1.807, 2.05) is 11.1 Å². The maximum atomic E-state index is 14.3. The summed E-state index contributed by atoms with van der Waals surface area (Å²) in [6.45, 7) is 0.590. The molecule has 1 saturated heterocycles. The molecule has 3 fully saturated rings. The van der Waals surface area contributed by atoms with Crippen LogP contribution in [0, 0.1) is 5.41 Å². The summed E-state index contributed by atoms with van der Waals surface area (Å²) in [6, 6.07) is 14.2. The number of anilines is 2. The Kier molecular flexibility index (Phi) is 9.74. The fourth-order valence-electron chi connectivity index (χ4n) is 8.30. The smallest absolute Gasteiger partial charge is 0.360 e. The maximum Gasteiger partial charge on any atom is 0.416 e. The molecule has 2 aromatic carbocycles. The highest BCUT2D eigenvalue weighted by molar-refractivity contribution is 5.86. The zero-order valence-corrected chi connectivity index (χ0v) is 25.9. The molecule has 1 spiro atoms. The predicted molar refractivity (Wildman–Crippen MR) is 168 cm³/mol. The Morgan fingerprint density at radius 3 is 2.07 bits per heavy atom. The van der Waals surface area contributed by atoms with Gasteiger partial charge < -0.3 is 9.64 Å². The third-order valence-corrected chi connectivity index (χ3v) is 10.7. The first-order valence-corrected chi connectivity index (χ1v) is 17.1. The zero-order chi connectivity index (χ0) is 30.6. The molecule has 6 rings (SSSR count). The lowest BCUT2D eigenvalue weighted by atomic mass is 9.71. The van der Waals surface area contributed by atoms with E-state index in [-0.39, 0.29) is 5.91 Å². The van der Waals surface area contributed by atoms with Crippen molar-refractivity contribution in [3.63, 3.8) is 0 Å². The molecule has 0 bridgehead atoms. The van der Waals surface area contributed by atoms with Gasteiger partial charge in [0.05, 0.1) is 23.0 Å². The summed E-state index contributed by atoms with van der Waals surface area (Å²) in [6.07, 6.45) is 13.1. The number of nitrogens with zero attached hydrogens (tertiary/aromatic N) is 2. The quantitative estimate of drug-likeness (QED) is 0.374. The van der Waals surface area contributed by atoms with Crippen LogP contribution in [0.1, 0.15) is 126 Å². The molecule has 8 heteroatoms. The molecule has 2 heterocycles. The van der Waals surface area contributed by atoms with Crippen molar-refractivity contribution < 1.29 is 22.7 Å². The molecule has 1 amide bonds. The van der Waals surface area contributed by atoms with Crippen LogP contribution in [-0.4, -0.2) is 24.7 Å². The molecular weight excluding hydrogens is 563 g/mol. The summed E-state index contributed by atoms with van der Waals surface area (Å²) in [7, 11) is 0. The number of carbonyl (C=O) groups is 1. The number of benzene rings is 2. The maximum absolute atomic E-state index is 14.3. The number of halogens is 3. The number of para-hydroxylation sites is 2. The van der Waals surface area contributed by atoms with Crippen molar-refractivity contribution in [1.29, 1.82) is 0 Å². The van der Waals surface area contributed by atoms with E-state index in [0.29, 0.717) is 24.7 Å². The van der Waals surface area contributed by atoms with Crippen LogP contribution >= 0.6 is 0 Å². The van der Waals surface area contributed by atoms with Crippen LogP contribution in [0.5, 0.6) is 0 Å². The lowest BCUT2D eigenvalue weighted by molar-refractivity contribution is -0.139. The largest absolute Gasteiger partial charge is 0.416 e. The SMILES string of the molecule is O=C(NN1CN(C2CCCCCCCC2)c2ccccc21)C1OC(c2cccc(C(F)(F)F)c2)CC12CCCCCCCC2. The fraction of sp³-hybridized carbons (Fsp3) is 0.639. The van der Waals surface area contributed by atoms with Crippen molar-refractivity contribution in [3.05, 3.63) is 59.7 Å². The topological polar surface area (TPSA) is 44.8 Å². The number of hydrogen-bond acceptors (Lipinski definition) is 4. The Bertz CT molecular complexity index is 1250. The Balaban J connectivity index is 1.25. The number of nitrogens with one attached hydrogen (secondary N) is 1. The molecule has 240 valence electrons. The van der Waals surface area contributed by atoms with E-state index in [2.05, 4.69) is 28.5 Å². The van der Waals surface area contributed by atoms with Crippen LogP contribution in [-0.2, 0) is 15.7 Å². The van der Waals surface area contributed by atoms with E-state index in [0.717, 1.165) is 68.8 Å². The van der Waals surface area contributed by atoms with Crippen molar-refractivity contribution in [1.82, 2.24) is 5.43 Å². The number of fused-ring (bicyclic) bond motifs is 1. The number of ether oxygens (including phenoxy) is 1. The van der Waals surface area contributed by atoms with Crippen molar-refractivity contribution >= 4 is 17.3 Å². The average Bonchev–Trinajstić information content (AvgIpc) is 3.63. The van der Waals surface area contributed by atoms with Crippen LogP contribution in [0.15, 0.2) is 48.5 Å². The van der Waals surface area contributed by atoms with Crippen LogP contribution in [0.3, 0.4) is 0 Å². The molecule has 4 aliphatic rings. The minimum atomic E-state index is -4.42. The standard InChI is InChI=1S/C36H48F3N3O2/c37-36(38,39)28-17-15-16-27(24-28)32-25-35(22-13-7-3-4-8-14-23-35)33(44-32)34(43)40-42-26-41(30-20-11-12-21-31(30)42)29-18-9-5-1-2-6-10-19-29/h11-12,15-17,20-21,24,29,32-33H,1-10,13-14,18-19,22-23,25-26H2,(H,40,43). The van der Waals surface area contributed by atoms with Gasteiger partial charge in [0.15, 0.2) is 0 Å². The lowest BCUT2D eigenvalue weighted by Gasteiger charge is -2.35. The number of alkyl halides is 3. The first-order chi connectivity index (χ1) is 21.3. The first kappa shape index (κ1) is 31.3. The van der Waals surface area contributed by atoms with Gasteiger partial charge in [0.2, 0.25) is 0 Å². The third-order valence-electron chi connectivity index (χ3n) is 10.7. The summed E-state index contributed by atoms with van der Waals surface area (Å²) in [4.78, 5) is 16.8. The van der Waals surface area contributed by atoms with Gasteiger partial charge in [0, 0.05) is 11.5 Å². The number of hydrazine groups is 1. The van der Waals surface area contributed by atoms with Crippen molar-refractivity contribution in [2.45, 2.75) is 134 Å². The zero-order valence-electron chi connectivity index (χ0n) is 25.9. The van der Waals surface area contributed by atoms with E-state index in [4.69, 9.17) is 4.74 Å². The first-order valence-electron chi connectivity index (χ1n) is 17.1. The van der Waals surface area contributed by atoms with Gasteiger partial charge in [-0.25, -0.2) is 0 Å². The Morgan fingerprint density at radius 2 is 1.41 bits per heavy atom. The van der Waals surface area contributed by atoms with Crippen LogP contribution in [0.25, 0.3) is 0 Å². The second-order valence-corrected chi connectivity index (χ2v) is 13.7. The molecule has 2 aromatic rings. The minimum Gasteiger partial charge on any atom is -0.360 e. The molecular formula is C36H48F3N3O2. The normalized spacial score (nSPS) is 25.3. The number of hydrogen-bond donors (Lipinski definition) is 1. The fourth-order valence-corrected chi connectivity index (χ4v) is 8.30. The lowest BCUT2D eigenvalue weighted by Crippen LogP contribution is -2.52. The minimum absolute atomic E-state index is 0.176. The van der Waals surface area contributed by atoms with Gasteiger partial charge in [-0.3, -0.25) is 15.2 Å². The predicted octanol–water partition coefficient (Wildman–Crippen LogP) is 9.47. The van der Waals surface area contributed by atoms with Crippen molar-refractivity contribution in [2.24, 2.45) is 5.41 Å². The van der Waals surface area contributed by atoms with Gasteiger partial charge in [-0.05, 0) is 61.9 Å². The van der Waals surface area contributed by atoms with Gasteiger partial charge in [-0.15, -0.1) is 0 Å². The molecule has 2 aliphatic heterocycles. The van der Waals surface area contributed by atoms with Crippen molar-refractivity contribution in [3.8, 4) is 0 Å². The van der Waals surface area contributed by atoms with Crippen molar-refractivity contribution in [2.75, 3.05) is 16.6 Å². The van der Waals surface area contributed by atoms with Gasteiger partial charge in [0.25, 0.3) is 5.91 Å². The second kappa shape index (κ2) is 13.7. The molecule has 0 aromatic heterocycles. The second-order valence-electron chi connectivity index (χ2n) is 13.7. The Morgan fingerprint density at radius 1 is 0.795 bits per heavy atom. The Labute approximate surface area is 260 Å². The summed E-state index contributed by atoms with van der Waals surface area (Å²) in [5, 5.41) is 1.98. The van der Waals surface area contributed by atoms with E-state index in [9.17, 15) is 18.0 Å². The van der Waals surface area contributed by atoms with Gasteiger partial charge >= 0.3 is 6.18 Å². The summed E-state index contributed by atoms with van der Waals surface area (Å²) >= 11 is 0. The number of amides is 1. The Hall–Kier alpha value is -2.74. The highest BCUT2D eigenvalue weighted by Gasteiger charge is 2.52. The highest BCUT2D eigenvalue weighted by atomic mass is 19.4. The van der Waals surface area contributed by atoms with Crippen LogP contribution < -0.4 is 15.3 Å². The summed E-state index contributed by atoms with van der Waals surface area (Å²) in [5.41, 5.74) is 4.85. The van der Waals surface area contributed by atoms with Crippen LogP contribution in [0.4, 0.5) is 24.5 Å². The molecule has 2 aliphatic carbocycles. The molecule has 5 nitrogen and oxygen atoms in total.